The molecular formula is C18H12Cl2N2O4S. The molecule has 0 amide bonds. The molecule has 138 valence electrons. The first-order chi connectivity index (χ1) is 12.9. The molecule has 9 heteroatoms. The van der Waals surface area contributed by atoms with Crippen molar-refractivity contribution in [2.24, 2.45) is 0 Å². The number of aromatic nitrogens is 2. The molecule has 1 aromatic carbocycles. The Hall–Kier alpha value is -2.48. The van der Waals surface area contributed by atoms with Crippen LogP contribution in [0.5, 0.6) is 0 Å². The van der Waals surface area contributed by atoms with Crippen LogP contribution in [0, 0.1) is 6.92 Å². The van der Waals surface area contributed by atoms with Crippen molar-refractivity contribution >= 4 is 46.3 Å². The van der Waals surface area contributed by atoms with E-state index in [1.54, 1.807) is 18.2 Å². The van der Waals surface area contributed by atoms with Crippen LogP contribution in [0.15, 0.2) is 47.4 Å². The lowest BCUT2D eigenvalue weighted by atomic mass is 10.2. The summed E-state index contributed by atoms with van der Waals surface area (Å²) >= 11 is 13.0. The van der Waals surface area contributed by atoms with E-state index in [1.165, 1.54) is 29.7 Å². The maximum absolute atomic E-state index is 12.5. The van der Waals surface area contributed by atoms with E-state index >= 15 is 0 Å². The first kappa shape index (κ1) is 19.3. The predicted molar refractivity (Wildman–Crippen MR) is 104 cm³/mol. The highest BCUT2D eigenvalue weighted by Crippen LogP contribution is 2.19. The van der Waals surface area contributed by atoms with Crippen molar-refractivity contribution in [3.05, 3.63) is 78.3 Å². The van der Waals surface area contributed by atoms with Crippen molar-refractivity contribution in [3.63, 3.8) is 0 Å². The van der Waals surface area contributed by atoms with Gasteiger partial charge in [-0.1, -0.05) is 35.3 Å². The number of ether oxygens (including phenoxy) is 1. The summed E-state index contributed by atoms with van der Waals surface area (Å²) in [5.74, 6) is -1.06. The number of benzene rings is 1. The molecule has 3 aromatic rings. The summed E-state index contributed by atoms with van der Waals surface area (Å²) in [5.41, 5.74) is -0.430. The molecule has 0 atom stereocenters. The second-order valence-electron chi connectivity index (χ2n) is 5.45. The van der Waals surface area contributed by atoms with Crippen LogP contribution in [0.3, 0.4) is 0 Å². The van der Waals surface area contributed by atoms with E-state index in [0.717, 1.165) is 9.56 Å². The Kier molecular flexibility index (Phi) is 5.74. The number of para-hydroxylation sites is 1. The first-order valence-corrected chi connectivity index (χ1v) is 9.25. The van der Waals surface area contributed by atoms with Crippen LogP contribution >= 0.6 is 34.5 Å². The number of aryl methyl sites for hydroxylation is 1. The van der Waals surface area contributed by atoms with Crippen LogP contribution in [-0.4, -0.2) is 28.1 Å². The number of Topliss-reactive ketones (excluding diaryl/α,β-unsaturated/α-hetero) is 1. The summed E-state index contributed by atoms with van der Waals surface area (Å²) in [4.78, 5) is 38.4. The third-order valence-electron chi connectivity index (χ3n) is 3.58. The van der Waals surface area contributed by atoms with Gasteiger partial charge in [-0.05, 0) is 31.2 Å². The molecule has 0 aliphatic carbocycles. The molecule has 0 aliphatic rings. The minimum atomic E-state index is -0.757. The van der Waals surface area contributed by atoms with E-state index in [0.29, 0.717) is 4.88 Å². The molecule has 0 spiro atoms. The van der Waals surface area contributed by atoms with Gasteiger partial charge in [0.25, 0.3) is 5.56 Å². The molecule has 0 radical (unpaired) electrons. The number of carbonyl (C=O) groups excluding carboxylic acids is 2. The second-order valence-corrected chi connectivity index (χ2v) is 7.52. The molecule has 0 fully saturated rings. The van der Waals surface area contributed by atoms with Gasteiger partial charge in [0.2, 0.25) is 5.78 Å². The summed E-state index contributed by atoms with van der Waals surface area (Å²) in [5, 5.41) is 3.71. The second kappa shape index (κ2) is 8.04. The minimum absolute atomic E-state index is 0.00909. The smallest absolute Gasteiger partial charge is 0.340 e. The van der Waals surface area contributed by atoms with E-state index < -0.39 is 18.1 Å². The van der Waals surface area contributed by atoms with E-state index in [-0.39, 0.29) is 27.1 Å². The lowest BCUT2D eigenvalue weighted by Crippen LogP contribution is -2.24. The molecule has 0 N–H and O–H groups in total. The van der Waals surface area contributed by atoms with Gasteiger partial charge < -0.3 is 4.74 Å². The van der Waals surface area contributed by atoms with Crippen LogP contribution < -0.4 is 5.56 Å². The summed E-state index contributed by atoms with van der Waals surface area (Å²) in [6, 6.07) is 9.71. The summed E-state index contributed by atoms with van der Waals surface area (Å²) in [6.07, 6.45) is 1.20. The molecule has 2 aromatic heterocycles. The maximum Gasteiger partial charge on any atom is 0.340 e. The number of ketones is 1. The van der Waals surface area contributed by atoms with E-state index in [1.807, 2.05) is 13.0 Å². The Balaban J connectivity index is 1.86. The Morgan fingerprint density at radius 1 is 1.19 bits per heavy atom. The van der Waals surface area contributed by atoms with Crippen molar-refractivity contribution in [3.8, 4) is 5.69 Å². The van der Waals surface area contributed by atoms with Crippen molar-refractivity contribution in [2.75, 3.05) is 6.61 Å². The molecule has 0 saturated carbocycles. The molecule has 0 aliphatic heterocycles. The van der Waals surface area contributed by atoms with Gasteiger partial charge in [-0.25, -0.2) is 4.79 Å². The molecule has 0 bridgehead atoms. The SMILES string of the molecule is Cc1ccc(C(=O)COC(=O)c2ccccc2-n2ncc(Cl)c(Cl)c2=O)s1. The molecular weight excluding hydrogens is 411 g/mol. The third-order valence-corrected chi connectivity index (χ3v) is 5.37. The van der Waals surface area contributed by atoms with Gasteiger partial charge in [-0.3, -0.25) is 9.59 Å². The normalized spacial score (nSPS) is 10.6. The third kappa shape index (κ3) is 4.10. The van der Waals surface area contributed by atoms with Gasteiger partial charge in [-0.2, -0.15) is 9.78 Å². The largest absolute Gasteiger partial charge is 0.454 e. The average molecular weight is 423 g/mol. The molecule has 2 heterocycles. The number of halogens is 2. The van der Waals surface area contributed by atoms with Gasteiger partial charge in [-0.15, -0.1) is 11.3 Å². The van der Waals surface area contributed by atoms with Gasteiger partial charge in [0.05, 0.1) is 27.3 Å². The van der Waals surface area contributed by atoms with Crippen molar-refractivity contribution in [1.82, 2.24) is 9.78 Å². The van der Waals surface area contributed by atoms with Gasteiger partial charge in [0.1, 0.15) is 5.02 Å². The summed E-state index contributed by atoms with van der Waals surface area (Å²) in [7, 11) is 0. The van der Waals surface area contributed by atoms with Gasteiger partial charge >= 0.3 is 5.97 Å². The van der Waals surface area contributed by atoms with Crippen molar-refractivity contribution < 1.29 is 14.3 Å². The number of nitrogens with zero attached hydrogens (tertiary/aromatic N) is 2. The Morgan fingerprint density at radius 2 is 1.93 bits per heavy atom. The zero-order valence-electron chi connectivity index (χ0n) is 13.9. The van der Waals surface area contributed by atoms with Crippen LogP contribution in [-0.2, 0) is 4.74 Å². The highest BCUT2D eigenvalue weighted by atomic mass is 35.5. The number of thiophene rings is 1. The maximum atomic E-state index is 12.5. The number of esters is 1. The Morgan fingerprint density at radius 3 is 2.63 bits per heavy atom. The lowest BCUT2D eigenvalue weighted by Gasteiger charge is -2.10. The number of hydrogen-bond donors (Lipinski definition) is 0. The average Bonchev–Trinajstić information content (AvgIpc) is 3.10. The number of hydrogen-bond acceptors (Lipinski definition) is 6. The molecule has 27 heavy (non-hydrogen) atoms. The van der Waals surface area contributed by atoms with E-state index in [2.05, 4.69) is 5.10 Å². The summed E-state index contributed by atoms with van der Waals surface area (Å²) < 4.78 is 6.08. The number of rotatable bonds is 5. The zero-order chi connectivity index (χ0) is 19.6. The quantitative estimate of drug-likeness (QED) is 0.459. The minimum Gasteiger partial charge on any atom is -0.454 e. The molecule has 0 saturated heterocycles. The molecule has 0 unspecified atom stereocenters. The van der Waals surface area contributed by atoms with Crippen molar-refractivity contribution in [1.29, 1.82) is 0 Å². The zero-order valence-corrected chi connectivity index (χ0v) is 16.3. The Labute approximate surface area is 167 Å². The number of carbonyl (C=O) groups is 2. The van der Waals surface area contributed by atoms with E-state index in [4.69, 9.17) is 27.9 Å². The van der Waals surface area contributed by atoms with Crippen LogP contribution in [0.2, 0.25) is 10.0 Å². The van der Waals surface area contributed by atoms with Crippen LogP contribution in [0.4, 0.5) is 0 Å². The Bertz CT molecular complexity index is 1090. The van der Waals surface area contributed by atoms with Crippen LogP contribution in [0.25, 0.3) is 5.69 Å². The first-order valence-electron chi connectivity index (χ1n) is 7.68. The summed E-state index contributed by atoms with van der Waals surface area (Å²) in [6.45, 7) is 1.47. The topological polar surface area (TPSA) is 78.3 Å². The molecule has 3 rings (SSSR count). The monoisotopic (exact) mass is 422 g/mol. The molecule has 6 nitrogen and oxygen atoms in total. The lowest BCUT2D eigenvalue weighted by molar-refractivity contribution is 0.0475. The standard InChI is InChI=1S/C18H12Cl2N2O4S/c1-10-6-7-15(27-10)14(23)9-26-18(25)11-4-2-3-5-13(11)22-17(24)16(20)12(19)8-21-22/h2-8H,9H2,1H3. The predicted octanol–water partition coefficient (Wildman–Crippen LogP) is 3.95. The van der Waals surface area contributed by atoms with Gasteiger partial charge in [0, 0.05) is 4.88 Å². The van der Waals surface area contributed by atoms with Crippen molar-refractivity contribution in [2.45, 2.75) is 6.92 Å². The highest BCUT2D eigenvalue weighted by Gasteiger charge is 2.19. The van der Waals surface area contributed by atoms with E-state index in [9.17, 15) is 14.4 Å². The fourth-order valence-electron chi connectivity index (χ4n) is 2.28. The fraction of sp³-hybridized carbons (Fsp3) is 0.111. The van der Waals surface area contributed by atoms with Gasteiger partial charge in [0.15, 0.2) is 6.61 Å². The fourth-order valence-corrected chi connectivity index (χ4v) is 3.32. The van der Waals surface area contributed by atoms with Crippen LogP contribution in [0.1, 0.15) is 24.9 Å². The highest BCUT2D eigenvalue weighted by molar-refractivity contribution is 7.14.